The van der Waals surface area contributed by atoms with Crippen LogP contribution in [0.5, 0.6) is 11.5 Å². The zero-order valence-electron chi connectivity index (χ0n) is 9.03. The summed E-state index contributed by atoms with van der Waals surface area (Å²) in [7, 11) is 1.66. The van der Waals surface area contributed by atoms with Gasteiger partial charge in [-0.25, -0.2) is 0 Å². The summed E-state index contributed by atoms with van der Waals surface area (Å²) in [6.45, 7) is 0.533. The maximum Gasteiger partial charge on any atom is 0.161 e. The number of hydrogen-bond acceptors (Lipinski definition) is 3. The summed E-state index contributed by atoms with van der Waals surface area (Å²) in [6.07, 6.45) is 3.93. The smallest absolute Gasteiger partial charge is 0.161 e. The molecule has 1 saturated carbocycles. The van der Waals surface area contributed by atoms with Crippen LogP contribution >= 0.6 is 0 Å². The van der Waals surface area contributed by atoms with Gasteiger partial charge in [-0.05, 0) is 37.0 Å². The Kier molecular flexibility index (Phi) is 3.11. The van der Waals surface area contributed by atoms with Crippen molar-refractivity contribution in [2.45, 2.75) is 31.9 Å². The first kappa shape index (κ1) is 10.3. The summed E-state index contributed by atoms with van der Waals surface area (Å²) in [5, 5.41) is 0. The molecule has 0 radical (unpaired) electrons. The van der Waals surface area contributed by atoms with Crippen LogP contribution in [0, 0.1) is 0 Å². The molecule has 0 heterocycles. The minimum atomic E-state index is 0.368. The quantitative estimate of drug-likeness (QED) is 0.822. The minimum Gasteiger partial charge on any atom is -0.493 e. The summed E-state index contributed by atoms with van der Waals surface area (Å²) >= 11 is 0. The Morgan fingerprint density at radius 1 is 1.33 bits per heavy atom. The first-order valence-corrected chi connectivity index (χ1v) is 5.37. The van der Waals surface area contributed by atoms with Crippen molar-refractivity contribution in [2.75, 3.05) is 7.11 Å². The molecule has 0 bridgehead atoms. The number of hydrogen-bond donors (Lipinski definition) is 1. The van der Waals surface area contributed by atoms with Gasteiger partial charge in [-0.1, -0.05) is 6.07 Å². The highest BCUT2D eigenvalue weighted by Gasteiger charge is 2.20. The van der Waals surface area contributed by atoms with E-state index >= 15 is 0 Å². The first-order valence-electron chi connectivity index (χ1n) is 5.37. The van der Waals surface area contributed by atoms with Gasteiger partial charge in [0.2, 0.25) is 0 Å². The van der Waals surface area contributed by atoms with Crippen molar-refractivity contribution in [3.63, 3.8) is 0 Å². The van der Waals surface area contributed by atoms with Crippen molar-refractivity contribution in [1.29, 1.82) is 0 Å². The molecular formula is C12H17NO2. The zero-order chi connectivity index (χ0) is 10.7. The van der Waals surface area contributed by atoms with Crippen molar-refractivity contribution >= 4 is 0 Å². The lowest BCUT2D eigenvalue weighted by Crippen LogP contribution is -2.24. The third kappa shape index (κ3) is 2.23. The van der Waals surface area contributed by atoms with Crippen LogP contribution in [0.1, 0.15) is 24.8 Å². The van der Waals surface area contributed by atoms with E-state index in [4.69, 9.17) is 15.2 Å². The Morgan fingerprint density at radius 2 is 2.13 bits per heavy atom. The van der Waals surface area contributed by atoms with Gasteiger partial charge in [0.25, 0.3) is 0 Å². The fourth-order valence-electron chi connectivity index (χ4n) is 1.61. The Bertz CT molecular complexity index is 334. The van der Waals surface area contributed by atoms with Gasteiger partial charge in [0.05, 0.1) is 13.2 Å². The van der Waals surface area contributed by atoms with E-state index in [0.29, 0.717) is 12.6 Å². The molecule has 0 saturated heterocycles. The molecule has 82 valence electrons. The fourth-order valence-corrected chi connectivity index (χ4v) is 1.61. The molecule has 0 aliphatic heterocycles. The predicted molar refractivity (Wildman–Crippen MR) is 59.2 cm³/mol. The summed E-state index contributed by atoms with van der Waals surface area (Å²) in [5.74, 6) is 1.62. The zero-order valence-corrected chi connectivity index (χ0v) is 9.03. The normalized spacial score (nSPS) is 15.9. The molecule has 1 aliphatic rings. The van der Waals surface area contributed by atoms with Crippen molar-refractivity contribution in [3.8, 4) is 11.5 Å². The third-order valence-electron chi connectivity index (χ3n) is 2.81. The molecule has 1 aromatic rings. The second kappa shape index (κ2) is 4.53. The highest BCUT2D eigenvalue weighted by Crippen LogP contribution is 2.32. The third-order valence-corrected chi connectivity index (χ3v) is 2.81. The average Bonchev–Trinajstić information content (AvgIpc) is 2.23. The number of ether oxygens (including phenoxy) is 2. The van der Waals surface area contributed by atoms with Crippen LogP contribution < -0.4 is 15.2 Å². The van der Waals surface area contributed by atoms with Crippen LogP contribution in [-0.4, -0.2) is 13.2 Å². The van der Waals surface area contributed by atoms with Crippen LogP contribution in [0.3, 0.4) is 0 Å². The monoisotopic (exact) mass is 207 g/mol. The van der Waals surface area contributed by atoms with Gasteiger partial charge in [-0.2, -0.15) is 0 Å². The van der Waals surface area contributed by atoms with Crippen molar-refractivity contribution in [2.24, 2.45) is 5.73 Å². The largest absolute Gasteiger partial charge is 0.493 e. The fraction of sp³-hybridized carbons (Fsp3) is 0.500. The molecule has 15 heavy (non-hydrogen) atoms. The first-order chi connectivity index (χ1) is 7.33. The molecule has 3 nitrogen and oxygen atoms in total. The summed E-state index contributed by atoms with van der Waals surface area (Å²) in [4.78, 5) is 0. The summed E-state index contributed by atoms with van der Waals surface area (Å²) in [6, 6.07) is 5.85. The van der Waals surface area contributed by atoms with Crippen LogP contribution in [0.25, 0.3) is 0 Å². The van der Waals surface area contributed by atoms with Crippen LogP contribution in [0.15, 0.2) is 18.2 Å². The highest BCUT2D eigenvalue weighted by atomic mass is 16.5. The Morgan fingerprint density at radius 3 is 2.67 bits per heavy atom. The molecule has 3 heteroatoms. The van der Waals surface area contributed by atoms with Gasteiger partial charge < -0.3 is 15.2 Å². The number of nitrogens with two attached hydrogens (primary N) is 1. The van der Waals surface area contributed by atoms with Crippen molar-refractivity contribution < 1.29 is 9.47 Å². The van der Waals surface area contributed by atoms with E-state index < -0.39 is 0 Å². The maximum absolute atomic E-state index is 5.83. The van der Waals surface area contributed by atoms with E-state index in [9.17, 15) is 0 Å². The molecule has 1 fully saturated rings. The molecule has 0 spiro atoms. The highest BCUT2D eigenvalue weighted by molar-refractivity contribution is 5.43. The number of benzene rings is 1. The standard InChI is InChI=1S/C12H17NO2/c1-14-11-6-5-9(8-13)7-12(11)15-10-3-2-4-10/h5-7,10H,2-4,8,13H2,1H3. The molecule has 0 aromatic heterocycles. The average molecular weight is 207 g/mol. The number of rotatable bonds is 4. The predicted octanol–water partition coefficient (Wildman–Crippen LogP) is 2.09. The van der Waals surface area contributed by atoms with E-state index in [0.717, 1.165) is 29.9 Å². The molecule has 0 unspecified atom stereocenters. The topological polar surface area (TPSA) is 44.5 Å². The van der Waals surface area contributed by atoms with Gasteiger partial charge in [0.1, 0.15) is 0 Å². The lowest BCUT2D eigenvalue weighted by atomic mass is 9.96. The SMILES string of the molecule is COc1ccc(CN)cc1OC1CCC1. The van der Waals surface area contributed by atoms with Gasteiger partial charge >= 0.3 is 0 Å². The molecule has 1 aromatic carbocycles. The van der Waals surface area contributed by atoms with E-state index in [1.807, 2.05) is 18.2 Å². The molecule has 1 aliphatic carbocycles. The van der Waals surface area contributed by atoms with E-state index in [1.54, 1.807) is 7.11 Å². The van der Waals surface area contributed by atoms with Gasteiger partial charge in [0.15, 0.2) is 11.5 Å². The van der Waals surface area contributed by atoms with Gasteiger partial charge in [-0.15, -0.1) is 0 Å². The summed E-state index contributed by atoms with van der Waals surface area (Å²) < 4.78 is 11.1. The molecule has 2 N–H and O–H groups in total. The van der Waals surface area contributed by atoms with Gasteiger partial charge in [0, 0.05) is 6.54 Å². The molecule has 0 amide bonds. The Hall–Kier alpha value is -1.22. The van der Waals surface area contributed by atoms with Gasteiger partial charge in [-0.3, -0.25) is 0 Å². The Balaban J connectivity index is 2.16. The maximum atomic E-state index is 5.83. The second-order valence-corrected chi connectivity index (χ2v) is 3.86. The minimum absolute atomic E-state index is 0.368. The lowest BCUT2D eigenvalue weighted by molar-refractivity contribution is 0.116. The molecule has 0 atom stereocenters. The van der Waals surface area contributed by atoms with Crippen LogP contribution in [0.2, 0.25) is 0 Å². The van der Waals surface area contributed by atoms with E-state index in [2.05, 4.69) is 0 Å². The van der Waals surface area contributed by atoms with E-state index in [-0.39, 0.29) is 0 Å². The molecular weight excluding hydrogens is 190 g/mol. The van der Waals surface area contributed by atoms with Crippen molar-refractivity contribution in [1.82, 2.24) is 0 Å². The Labute approximate surface area is 90.2 Å². The molecule has 2 rings (SSSR count). The van der Waals surface area contributed by atoms with Crippen molar-refractivity contribution in [3.05, 3.63) is 23.8 Å². The van der Waals surface area contributed by atoms with E-state index in [1.165, 1.54) is 6.42 Å². The van der Waals surface area contributed by atoms with Crippen LogP contribution in [0.4, 0.5) is 0 Å². The number of methoxy groups -OCH3 is 1. The van der Waals surface area contributed by atoms with Crippen LogP contribution in [-0.2, 0) is 6.54 Å². The summed E-state index contributed by atoms with van der Waals surface area (Å²) in [5.41, 5.74) is 6.67. The second-order valence-electron chi connectivity index (χ2n) is 3.86. The lowest BCUT2D eigenvalue weighted by Gasteiger charge is -2.27.